The average Bonchev–Trinajstić information content (AvgIpc) is 2.60. The fraction of sp³-hybridized carbons (Fsp3) is 0.267. The fourth-order valence-corrected chi connectivity index (χ4v) is 2.06. The zero-order valence-corrected chi connectivity index (χ0v) is 13.2. The Balaban J connectivity index is 2.45. The zero-order chi connectivity index (χ0) is 17.5. The standard InChI is InChI=1S/C15H17N5O4/c1-3-24-14(21)10(9-7-5-4-6-8-9)17-12-11(20-22)13(23-2)19-15(16)18-12/h4-8,10H,3H2,1-2H3,(H3,16,17,18,19). The number of nitrogen functional groups attached to an aromatic ring is 1. The molecule has 9 nitrogen and oxygen atoms in total. The third-order valence-electron chi connectivity index (χ3n) is 3.09. The van der Waals surface area contributed by atoms with E-state index in [-0.39, 0.29) is 29.9 Å². The minimum absolute atomic E-state index is 0.0174. The maximum Gasteiger partial charge on any atom is 0.333 e. The molecule has 1 aromatic heterocycles. The number of carbonyl (C=O) groups excluding carboxylic acids is 1. The van der Waals surface area contributed by atoms with Crippen molar-refractivity contribution in [2.75, 3.05) is 24.8 Å². The van der Waals surface area contributed by atoms with E-state index in [1.54, 1.807) is 31.2 Å². The van der Waals surface area contributed by atoms with Crippen LogP contribution in [-0.2, 0) is 9.53 Å². The minimum Gasteiger partial charge on any atom is -0.479 e. The molecule has 24 heavy (non-hydrogen) atoms. The number of rotatable bonds is 7. The Morgan fingerprint density at radius 2 is 2.04 bits per heavy atom. The number of aromatic nitrogens is 2. The Labute approximate surface area is 138 Å². The molecule has 1 atom stereocenters. The molecule has 0 aliphatic heterocycles. The molecular formula is C15H17N5O4. The number of carbonyl (C=O) groups is 1. The number of esters is 1. The van der Waals surface area contributed by atoms with Crippen LogP contribution in [0.4, 0.5) is 17.5 Å². The molecule has 1 unspecified atom stereocenters. The Bertz CT molecular complexity index is 723. The highest BCUT2D eigenvalue weighted by molar-refractivity contribution is 5.82. The van der Waals surface area contributed by atoms with Crippen LogP contribution in [0.2, 0.25) is 0 Å². The van der Waals surface area contributed by atoms with Gasteiger partial charge in [0.15, 0.2) is 11.9 Å². The number of nitrogens with one attached hydrogen (secondary N) is 1. The van der Waals surface area contributed by atoms with Gasteiger partial charge in [0.05, 0.1) is 13.7 Å². The number of anilines is 2. The summed E-state index contributed by atoms with van der Waals surface area (Å²) in [5, 5.41) is 5.70. The van der Waals surface area contributed by atoms with Gasteiger partial charge in [-0.3, -0.25) is 0 Å². The van der Waals surface area contributed by atoms with Crippen molar-refractivity contribution in [1.82, 2.24) is 9.97 Å². The third-order valence-corrected chi connectivity index (χ3v) is 3.09. The Morgan fingerprint density at radius 3 is 2.62 bits per heavy atom. The zero-order valence-electron chi connectivity index (χ0n) is 13.2. The van der Waals surface area contributed by atoms with Gasteiger partial charge in [-0.1, -0.05) is 30.3 Å². The van der Waals surface area contributed by atoms with Crippen molar-refractivity contribution < 1.29 is 14.3 Å². The molecule has 0 aliphatic carbocycles. The van der Waals surface area contributed by atoms with E-state index in [0.717, 1.165) is 0 Å². The maximum atomic E-state index is 12.3. The van der Waals surface area contributed by atoms with Gasteiger partial charge in [0.2, 0.25) is 11.6 Å². The number of hydrogen-bond acceptors (Lipinski definition) is 9. The number of methoxy groups -OCH3 is 1. The van der Waals surface area contributed by atoms with Crippen LogP contribution in [0.25, 0.3) is 0 Å². The summed E-state index contributed by atoms with van der Waals surface area (Å²) in [4.78, 5) is 31.1. The Hall–Kier alpha value is -3.23. The lowest BCUT2D eigenvalue weighted by Crippen LogP contribution is -2.24. The second-order valence-corrected chi connectivity index (χ2v) is 4.62. The number of ether oxygens (including phenoxy) is 2. The van der Waals surface area contributed by atoms with Crippen LogP contribution in [-0.4, -0.2) is 29.7 Å². The van der Waals surface area contributed by atoms with Crippen molar-refractivity contribution in [3.63, 3.8) is 0 Å². The van der Waals surface area contributed by atoms with Crippen molar-refractivity contribution in [1.29, 1.82) is 0 Å². The summed E-state index contributed by atoms with van der Waals surface area (Å²) in [5.41, 5.74) is 6.05. The monoisotopic (exact) mass is 331 g/mol. The normalized spacial score (nSPS) is 11.4. The first-order valence-electron chi connectivity index (χ1n) is 7.13. The summed E-state index contributed by atoms with van der Waals surface area (Å²) in [5.74, 6) is -0.763. The molecule has 3 N–H and O–H groups in total. The molecule has 0 aliphatic rings. The van der Waals surface area contributed by atoms with E-state index >= 15 is 0 Å². The number of nitrogens with zero attached hydrogens (tertiary/aromatic N) is 3. The van der Waals surface area contributed by atoms with Gasteiger partial charge in [-0.15, -0.1) is 4.91 Å². The molecule has 126 valence electrons. The van der Waals surface area contributed by atoms with Crippen LogP contribution in [0.15, 0.2) is 35.5 Å². The summed E-state index contributed by atoms with van der Waals surface area (Å²) in [6, 6.07) is 7.95. The molecular weight excluding hydrogens is 314 g/mol. The van der Waals surface area contributed by atoms with Crippen LogP contribution in [0.1, 0.15) is 18.5 Å². The molecule has 0 saturated carbocycles. The Morgan fingerprint density at radius 1 is 1.33 bits per heavy atom. The van der Waals surface area contributed by atoms with Gasteiger partial charge >= 0.3 is 5.97 Å². The van der Waals surface area contributed by atoms with E-state index < -0.39 is 12.0 Å². The molecule has 2 aromatic rings. The fourth-order valence-electron chi connectivity index (χ4n) is 2.06. The third kappa shape index (κ3) is 3.75. The van der Waals surface area contributed by atoms with Gasteiger partial charge in [-0.25, -0.2) is 4.79 Å². The first-order valence-corrected chi connectivity index (χ1v) is 7.13. The van der Waals surface area contributed by atoms with Crippen molar-refractivity contribution in [2.45, 2.75) is 13.0 Å². The summed E-state index contributed by atoms with van der Waals surface area (Å²) < 4.78 is 10.0. The molecule has 2 rings (SSSR count). The lowest BCUT2D eigenvalue weighted by atomic mass is 10.1. The largest absolute Gasteiger partial charge is 0.479 e. The van der Waals surface area contributed by atoms with E-state index in [0.29, 0.717) is 5.56 Å². The van der Waals surface area contributed by atoms with Gasteiger partial charge in [0, 0.05) is 0 Å². The molecule has 0 bridgehead atoms. The van der Waals surface area contributed by atoms with Gasteiger partial charge in [0.1, 0.15) is 0 Å². The van der Waals surface area contributed by atoms with Crippen molar-refractivity contribution >= 4 is 23.4 Å². The van der Waals surface area contributed by atoms with E-state index in [1.165, 1.54) is 7.11 Å². The smallest absolute Gasteiger partial charge is 0.333 e. The molecule has 1 aromatic carbocycles. The summed E-state index contributed by atoms with van der Waals surface area (Å²) in [7, 11) is 1.32. The van der Waals surface area contributed by atoms with Crippen molar-refractivity contribution in [2.24, 2.45) is 5.18 Å². The predicted octanol–water partition coefficient (Wildman–Crippen LogP) is 2.18. The molecule has 1 heterocycles. The van der Waals surface area contributed by atoms with Crippen LogP contribution < -0.4 is 15.8 Å². The van der Waals surface area contributed by atoms with Crippen molar-refractivity contribution in [3.05, 3.63) is 40.8 Å². The van der Waals surface area contributed by atoms with Gasteiger partial charge in [-0.05, 0) is 17.7 Å². The highest BCUT2D eigenvalue weighted by atomic mass is 16.5. The minimum atomic E-state index is -0.898. The predicted molar refractivity (Wildman–Crippen MR) is 87.9 cm³/mol. The van der Waals surface area contributed by atoms with Gasteiger partial charge < -0.3 is 20.5 Å². The van der Waals surface area contributed by atoms with Crippen molar-refractivity contribution in [3.8, 4) is 5.88 Å². The molecule has 9 heteroatoms. The Kier molecular flexibility index (Phi) is 5.61. The first-order chi connectivity index (χ1) is 11.6. The lowest BCUT2D eigenvalue weighted by molar-refractivity contribution is -0.144. The van der Waals surface area contributed by atoms with E-state index in [9.17, 15) is 9.70 Å². The molecule has 0 spiro atoms. The van der Waals surface area contributed by atoms with Gasteiger partial charge in [-0.2, -0.15) is 9.97 Å². The van der Waals surface area contributed by atoms with Crippen LogP contribution in [0, 0.1) is 4.91 Å². The summed E-state index contributed by atoms with van der Waals surface area (Å²) in [6.07, 6.45) is 0. The number of hydrogen-bond donors (Lipinski definition) is 2. The SMILES string of the molecule is CCOC(=O)C(Nc1nc(N)nc(OC)c1N=O)c1ccccc1. The summed E-state index contributed by atoms with van der Waals surface area (Å²) in [6.45, 7) is 1.90. The summed E-state index contributed by atoms with van der Waals surface area (Å²) >= 11 is 0. The molecule has 0 amide bonds. The van der Waals surface area contributed by atoms with E-state index in [4.69, 9.17) is 15.2 Å². The molecule has 0 saturated heterocycles. The number of benzene rings is 1. The van der Waals surface area contributed by atoms with Crippen LogP contribution >= 0.6 is 0 Å². The van der Waals surface area contributed by atoms with E-state index in [2.05, 4.69) is 20.5 Å². The van der Waals surface area contributed by atoms with E-state index in [1.807, 2.05) is 6.07 Å². The number of nitroso groups, excluding NO2 is 1. The maximum absolute atomic E-state index is 12.3. The second-order valence-electron chi connectivity index (χ2n) is 4.62. The number of nitrogens with two attached hydrogens (primary N) is 1. The molecule has 0 radical (unpaired) electrons. The first kappa shape index (κ1) is 17.1. The van der Waals surface area contributed by atoms with Gasteiger partial charge in [0.25, 0.3) is 5.88 Å². The lowest BCUT2D eigenvalue weighted by Gasteiger charge is -2.19. The van der Waals surface area contributed by atoms with Crippen LogP contribution in [0.3, 0.4) is 0 Å². The molecule has 0 fully saturated rings. The second kappa shape index (κ2) is 7.86. The topological polar surface area (TPSA) is 129 Å². The van der Waals surface area contributed by atoms with Crippen LogP contribution in [0.5, 0.6) is 5.88 Å². The highest BCUT2D eigenvalue weighted by Crippen LogP contribution is 2.35. The average molecular weight is 331 g/mol. The highest BCUT2D eigenvalue weighted by Gasteiger charge is 2.25. The quantitative estimate of drug-likeness (QED) is 0.583.